The lowest BCUT2D eigenvalue weighted by atomic mass is 10.2. The van der Waals surface area contributed by atoms with Crippen LogP contribution in [-0.4, -0.2) is 33.4 Å². The number of carbonyl (C=O) groups excluding carboxylic acids is 1. The van der Waals surface area contributed by atoms with Crippen molar-refractivity contribution in [3.63, 3.8) is 0 Å². The minimum Gasteiger partial charge on any atom is -0.342 e. The summed E-state index contributed by atoms with van der Waals surface area (Å²) >= 11 is 0. The molecule has 21 heavy (non-hydrogen) atoms. The number of benzene rings is 1. The molecule has 1 saturated heterocycles. The normalized spacial score (nSPS) is 18.9. The van der Waals surface area contributed by atoms with Crippen molar-refractivity contribution >= 4 is 16.7 Å². The molecule has 0 bridgehead atoms. The quantitative estimate of drug-likeness (QED) is 0.857. The Morgan fingerprint density at radius 3 is 2.57 bits per heavy atom. The summed E-state index contributed by atoms with van der Waals surface area (Å²) in [6.07, 6.45) is 4.36. The average molecular weight is 311 g/mol. The van der Waals surface area contributed by atoms with Crippen LogP contribution in [0.25, 0.3) is 0 Å². The van der Waals surface area contributed by atoms with E-state index in [1.807, 2.05) is 4.90 Å². The first-order valence-corrected chi connectivity index (χ1v) is 8.86. The first-order chi connectivity index (χ1) is 10.1. The third-order valence-electron chi connectivity index (χ3n) is 3.86. The average Bonchev–Trinajstić information content (AvgIpc) is 2.74. The molecule has 0 aromatic heterocycles. The van der Waals surface area contributed by atoms with Gasteiger partial charge < -0.3 is 4.90 Å². The summed E-state index contributed by atoms with van der Waals surface area (Å²) in [7, 11) is -1.32. The first kappa shape index (κ1) is 16.1. The van der Waals surface area contributed by atoms with E-state index in [4.69, 9.17) is 0 Å². The Balaban J connectivity index is 1.96. The van der Waals surface area contributed by atoms with E-state index in [9.17, 15) is 13.4 Å². The summed E-state index contributed by atoms with van der Waals surface area (Å²) in [4.78, 5) is 14.2. The second-order valence-electron chi connectivity index (χ2n) is 5.54. The molecular formula is C16H22FNO2S. The number of hydrogen-bond acceptors (Lipinski definition) is 2. The SMILES string of the molecule is CC(C(=O)N1CCCCCC1)S(=O)Cc1cccc(F)c1. The molecule has 0 N–H and O–H groups in total. The fourth-order valence-electron chi connectivity index (χ4n) is 2.58. The van der Waals surface area contributed by atoms with Gasteiger partial charge in [0, 0.05) is 29.6 Å². The lowest BCUT2D eigenvalue weighted by Gasteiger charge is -2.23. The Morgan fingerprint density at radius 1 is 1.29 bits per heavy atom. The predicted molar refractivity (Wildman–Crippen MR) is 82.8 cm³/mol. The molecule has 3 nitrogen and oxygen atoms in total. The second-order valence-corrected chi connectivity index (χ2v) is 7.29. The summed E-state index contributed by atoms with van der Waals surface area (Å²) in [5, 5.41) is -0.536. The maximum Gasteiger partial charge on any atom is 0.238 e. The number of hydrogen-bond donors (Lipinski definition) is 0. The van der Waals surface area contributed by atoms with E-state index < -0.39 is 16.0 Å². The zero-order valence-corrected chi connectivity index (χ0v) is 13.2. The van der Waals surface area contributed by atoms with Crippen LogP contribution in [-0.2, 0) is 21.3 Å². The highest BCUT2D eigenvalue weighted by molar-refractivity contribution is 7.85. The summed E-state index contributed by atoms with van der Waals surface area (Å²) < 4.78 is 25.5. The molecule has 2 rings (SSSR count). The van der Waals surface area contributed by atoms with Crippen molar-refractivity contribution in [2.75, 3.05) is 13.1 Å². The van der Waals surface area contributed by atoms with Gasteiger partial charge in [0.15, 0.2) is 0 Å². The third-order valence-corrected chi connectivity index (χ3v) is 5.47. The van der Waals surface area contributed by atoms with Gasteiger partial charge in [0.1, 0.15) is 11.1 Å². The molecular weight excluding hydrogens is 289 g/mol. The molecule has 5 heteroatoms. The molecule has 2 atom stereocenters. The van der Waals surface area contributed by atoms with Crippen LogP contribution in [0.3, 0.4) is 0 Å². The smallest absolute Gasteiger partial charge is 0.238 e. The monoisotopic (exact) mass is 311 g/mol. The van der Waals surface area contributed by atoms with Gasteiger partial charge >= 0.3 is 0 Å². The van der Waals surface area contributed by atoms with Crippen molar-refractivity contribution in [3.05, 3.63) is 35.6 Å². The molecule has 116 valence electrons. The van der Waals surface area contributed by atoms with Gasteiger partial charge in [0.25, 0.3) is 0 Å². The highest BCUT2D eigenvalue weighted by Gasteiger charge is 2.25. The van der Waals surface area contributed by atoms with E-state index in [1.165, 1.54) is 12.1 Å². The van der Waals surface area contributed by atoms with E-state index in [0.29, 0.717) is 5.56 Å². The van der Waals surface area contributed by atoms with Crippen LogP contribution in [0.2, 0.25) is 0 Å². The van der Waals surface area contributed by atoms with E-state index in [1.54, 1.807) is 19.1 Å². The fourth-order valence-corrected chi connectivity index (χ4v) is 3.71. The van der Waals surface area contributed by atoms with Gasteiger partial charge in [-0.1, -0.05) is 25.0 Å². The van der Waals surface area contributed by atoms with E-state index in [0.717, 1.165) is 38.8 Å². The Morgan fingerprint density at radius 2 is 1.95 bits per heavy atom. The first-order valence-electron chi connectivity index (χ1n) is 7.48. The van der Waals surface area contributed by atoms with Crippen molar-refractivity contribution in [3.8, 4) is 0 Å². The van der Waals surface area contributed by atoms with Gasteiger partial charge in [-0.05, 0) is 37.5 Å². The summed E-state index contributed by atoms with van der Waals surface area (Å²) in [6.45, 7) is 3.24. The Bertz CT molecular complexity index is 513. The van der Waals surface area contributed by atoms with Crippen LogP contribution in [0, 0.1) is 5.82 Å². The summed E-state index contributed by atoms with van der Waals surface area (Å²) in [5.41, 5.74) is 0.670. The van der Waals surface area contributed by atoms with Crippen molar-refractivity contribution in [1.82, 2.24) is 4.90 Å². The fraction of sp³-hybridized carbons (Fsp3) is 0.562. The molecule has 1 heterocycles. The van der Waals surface area contributed by atoms with Gasteiger partial charge in [-0.25, -0.2) is 4.39 Å². The zero-order chi connectivity index (χ0) is 15.2. The summed E-state index contributed by atoms with van der Waals surface area (Å²) in [6, 6.07) is 6.08. The highest BCUT2D eigenvalue weighted by Crippen LogP contribution is 2.15. The highest BCUT2D eigenvalue weighted by atomic mass is 32.2. The van der Waals surface area contributed by atoms with E-state index in [-0.39, 0.29) is 17.5 Å². The van der Waals surface area contributed by atoms with Gasteiger partial charge in [-0.3, -0.25) is 9.00 Å². The van der Waals surface area contributed by atoms with Crippen LogP contribution in [0.15, 0.2) is 24.3 Å². The predicted octanol–water partition coefficient (Wildman–Crippen LogP) is 2.87. The largest absolute Gasteiger partial charge is 0.342 e. The molecule has 0 saturated carbocycles. The molecule has 1 aliphatic rings. The number of nitrogens with zero attached hydrogens (tertiary/aromatic N) is 1. The molecule has 1 aliphatic heterocycles. The van der Waals surface area contributed by atoms with Gasteiger partial charge in [0.2, 0.25) is 5.91 Å². The molecule has 1 fully saturated rings. The van der Waals surface area contributed by atoms with Crippen molar-refractivity contribution < 1.29 is 13.4 Å². The molecule has 0 spiro atoms. The van der Waals surface area contributed by atoms with Crippen LogP contribution in [0.1, 0.15) is 38.2 Å². The number of carbonyl (C=O) groups is 1. The topological polar surface area (TPSA) is 37.4 Å². The lowest BCUT2D eigenvalue weighted by molar-refractivity contribution is -0.130. The number of amides is 1. The Hall–Kier alpha value is -1.23. The maximum atomic E-state index is 13.1. The molecule has 1 aromatic rings. The van der Waals surface area contributed by atoms with Gasteiger partial charge in [-0.15, -0.1) is 0 Å². The Kier molecular flexibility index (Phi) is 5.91. The van der Waals surface area contributed by atoms with E-state index in [2.05, 4.69) is 0 Å². The molecule has 2 unspecified atom stereocenters. The van der Waals surface area contributed by atoms with Gasteiger partial charge in [0.05, 0.1) is 0 Å². The number of rotatable bonds is 4. The zero-order valence-electron chi connectivity index (χ0n) is 12.4. The van der Waals surface area contributed by atoms with Crippen LogP contribution in [0.4, 0.5) is 4.39 Å². The molecule has 1 aromatic carbocycles. The Labute approximate surface area is 128 Å². The van der Waals surface area contributed by atoms with Crippen molar-refractivity contribution in [2.24, 2.45) is 0 Å². The van der Waals surface area contributed by atoms with Crippen molar-refractivity contribution in [1.29, 1.82) is 0 Å². The van der Waals surface area contributed by atoms with Crippen LogP contribution in [0.5, 0.6) is 0 Å². The second kappa shape index (κ2) is 7.69. The molecule has 1 amide bonds. The minimum atomic E-state index is -1.32. The third kappa shape index (κ3) is 4.63. The molecule has 0 aliphatic carbocycles. The number of likely N-dealkylation sites (tertiary alicyclic amines) is 1. The molecule has 0 radical (unpaired) electrons. The minimum absolute atomic E-state index is 0.0355. The van der Waals surface area contributed by atoms with Crippen LogP contribution >= 0.6 is 0 Å². The number of halogens is 1. The lowest BCUT2D eigenvalue weighted by Crippen LogP contribution is -2.40. The van der Waals surface area contributed by atoms with Gasteiger partial charge in [-0.2, -0.15) is 0 Å². The van der Waals surface area contributed by atoms with E-state index >= 15 is 0 Å². The van der Waals surface area contributed by atoms with Crippen LogP contribution < -0.4 is 0 Å². The summed E-state index contributed by atoms with van der Waals surface area (Å²) in [5.74, 6) is -0.152. The standard InChI is InChI=1S/C16H22FNO2S/c1-13(16(19)18-9-4-2-3-5-10-18)21(20)12-14-7-6-8-15(17)11-14/h6-8,11,13H,2-5,9-10,12H2,1H3. The maximum absolute atomic E-state index is 13.1. The van der Waals surface area contributed by atoms with Crippen molar-refractivity contribution in [2.45, 2.75) is 43.6 Å².